The highest BCUT2D eigenvalue weighted by Crippen LogP contribution is 2.29. The molecule has 1 heterocycles. The lowest BCUT2D eigenvalue weighted by molar-refractivity contribution is -0.127. The summed E-state index contributed by atoms with van der Waals surface area (Å²) in [6.45, 7) is 2.80. The fourth-order valence-electron chi connectivity index (χ4n) is 2.51. The van der Waals surface area contributed by atoms with Crippen molar-refractivity contribution in [2.24, 2.45) is 0 Å². The van der Waals surface area contributed by atoms with Gasteiger partial charge in [0.2, 0.25) is 11.8 Å². The zero-order valence-corrected chi connectivity index (χ0v) is 11.5. The van der Waals surface area contributed by atoms with E-state index in [2.05, 4.69) is 22.9 Å². The van der Waals surface area contributed by atoms with Gasteiger partial charge in [0.1, 0.15) is 6.04 Å². The summed E-state index contributed by atoms with van der Waals surface area (Å²) in [6.07, 6.45) is 3.34. The molecule has 3 N–H and O–H groups in total. The molecule has 0 aromatic carbocycles. The molecule has 0 bridgehead atoms. The Labute approximate surface area is 112 Å². The van der Waals surface area contributed by atoms with Crippen LogP contribution in [0.3, 0.4) is 0 Å². The van der Waals surface area contributed by atoms with Gasteiger partial charge in [-0.2, -0.15) is 11.8 Å². The Balaban J connectivity index is 1.73. The molecule has 1 saturated heterocycles. The van der Waals surface area contributed by atoms with Crippen LogP contribution in [0.2, 0.25) is 0 Å². The fourth-order valence-corrected chi connectivity index (χ4v) is 3.65. The van der Waals surface area contributed by atoms with Crippen molar-refractivity contribution in [3.63, 3.8) is 0 Å². The molecule has 0 radical (unpaired) electrons. The number of nitrogens with one attached hydrogen (secondary N) is 3. The molecule has 1 aliphatic carbocycles. The van der Waals surface area contributed by atoms with E-state index in [9.17, 15) is 9.59 Å². The largest absolute Gasteiger partial charge is 0.353 e. The third kappa shape index (κ3) is 3.62. The molecule has 5 nitrogen and oxygen atoms in total. The molecule has 1 aliphatic heterocycles. The summed E-state index contributed by atoms with van der Waals surface area (Å²) in [7, 11) is 0. The highest BCUT2D eigenvalue weighted by Gasteiger charge is 2.29. The number of hydrogen-bond donors (Lipinski definition) is 3. The number of rotatable bonds is 4. The first kappa shape index (κ1) is 13.7. The maximum absolute atomic E-state index is 12.0. The van der Waals surface area contributed by atoms with Crippen LogP contribution in [0.4, 0.5) is 0 Å². The van der Waals surface area contributed by atoms with Crippen LogP contribution in [0.1, 0.15) is 26.2 Å². The molecular formula is C12H21N3O2S. The minimum absolute atomic E-state index is 0.0159. The Kier molecular flexibility index (Phi) is 4.88. The van der Waals surface area contributed by atoms with Gasteiger partial charge in [-0.15, -0.1) is 0 Å². The maximum atomic E-state index is 12.0. The van der Waals surface area contributed by atoms with Crippen molar-refractivity contribution in [2.75, 3.05) is 18.8 Å². The summed E-state index contributed by atoms with van der Waals surface area (Å²) in [6, 6.07) is 0.0292. The van der Waals surface area contributed by atoms with Gasteiger partial charge in [-0.05, 0) is 25.0 Å². The van der Waals surface area contributed by atoms with Gasteiger partial charge in [0.05, 0.1) is 6.54 Å². The SMILES string of the molecule is CCSC1CCC(NC(=O)C2CNC(=O)CN2)C1. The van der Waals surface area contributed by atoms with Crippen molar-refractivity contribution in [1.82, 2.24) is 16.0 Å². The molecule has 0 aromatic heterocycles. The molecule has 3 atom stereocenters. The smallest absolute Gasteiger partial charge is 0.239 e. The minimum atomic E-state index is -0.277. The number of hydrogen-bond acceptors (Lipinski definition) is 4. The van der Waals surface area contributed by atoms with E-state index in [4.69, 9.17) is 0 Å². The van der Waals surface area contributed by atoms with Gasteiger partial charge in [0, 0.05) is 17.8 Å². The van der Waals surface area contributed by atoms with Crippen LogP contribution in [0.15, 0.2) is 0 Å². The number of carbonyl (C=O) groups excluding carboxylic acids is 2. The molecule has 2 amide bonds. The van der Waals surface area contributed by atoms with Crippen molar-refractivity contribution in [3.8, 4) is 0 Å². The first-order valence-corrected chi connectivity index (χ1v) is 7.66. The van der Waals surface area contributed by atoms with Gasteiger partial charge in [-0.25, -0.2) is 0 Å². The molecule has 2 rings (SSSR count). The third-order valence-electron chi connectivity index (χ3n) is 3.46. The second-order valence-electron chi connectivity index (χ2n) is 4.83. The van der Waals surface area contributed by atoms with Crippen molar-refractivity contribution in [3.05, 3.63) is 0 Å². The molecule has 6 heteroatoms. The summed E-state index contributed by atoms with van der Waals surface area (Å²) >= 11 is 1.98. The summed E-state index contributed by atoms with van der Waals surface area (Å²) in [5.41, 5.74) is 0. The van der Waals surface area contributed by atoms with E-state index in [1.807, 2.05) is 11.8 Å². The average molecular weight is 271 g/mol. The van der Waals surface area contributed by atoms with E-state index in [1.165, 1.54) is 6.42 Å². The van der Waals surface area contributed by atoms with E-state index in [-0.39, 0.29) is 24.4 Å². The second kappa shape index (κ2) is 6.43. The maximum Gasteiger partial charge on any atom is 0.239 e. The lowest BCUT2D eigenvalue weighted by Crippen LogP contribution is -2.58. The van der Waals surface area contributed by atoms with E-state index in [0.717, 1.165) is 18.6 Å². The van der Waals surface area contributed by atoms with Crippen molar-refractivity contribution >= 4 is 23.6 Å². The number of thioether (sulfide) groups is 1. The predicted octanol–water partition coefficient (Wildman–Crippen LogP) is -0.135. The van der Waals surface area contributed by atoms with Crippen LogP contribution < -0.4 is 16.0 Å². The first-order valence-electron chi connectivity index (χ1n) is 6.61. The Hall–Kier alpha value is -0.750. The van der Waals surface area contributed by atoms with Gasteiger partial charge < -0.3 is 10.6 Å². The summed E-state index contributed by atoms with van der Waals surface area (Å²) in [4.78, 5) is 23.0. The molecule has 2 aliphatic rings. The molecule has 1 saturated carbocycles. The summed E-state index contributed by atoms with van der Waals surface area (Å²) in [5.74, 6) is 1.11. The molecule has 102 valence electrons. The van der Waals surface area contributed by atoms with Crippen LogP contribution in [0.25, 0.3) is 0 Å². The fraction of sp³-hybridized carbons (Fsp3) is 0.833. The Bertz CT molecular complexity index is 314. The highest BCUT2D eigenvalue weighted by molar-refractivity contribution is 7.99. The van der Waals surface area contributed by atoms with E-state index < -0.39 is 0 Å². The second-order valence-corrected chi connectivity index (χ2v) is 6.41. The van der Waals surface area contributed by atoms with Gasteiger partial charge in [-0.1, -0.05) is 6.92 Å². The average Bonchev–Trinajstić information content (AvgIpc) is 2.78. The lowest BCUT2D eigenvalue weighted by atomic mass is 10.2. The summed E-state index contributed by atoms with van der Waals surface area (Å²) in [5, 5.41) is 9.43. The van der Waals surface area contributed by atoms with E-state index >= 15 is 0 Å². The predicted molar refractivity (Wildman–Crippen MR) is 72.5 cm³/mol. The number of piperazine rings is 1. The van der Waals surface area contributed by atoms with Crippen LogP contribution in [0.5, 0.6) is 0 Å². The highest BCUT2D eigenvalue weighted by atomic mass is 32.2. The first-order chi connectivity index (χ1) is 8.69. The number of amides is 2. The molecule has 3 unspecified atom stereocenters. The standard InChI is InChI=1S/C12H21N3O2S/c1-2-18-9-4-3-8(5-9)15-12(17)10-6-14-11(16)7-13-10/h8-10,13H,2-7H2,1H3,(H,14,16)(H,15,17). The molecule has 0 aromatic rings. The van der Waals surface area contributed by atoms with Gasteiger partial charge in [0.15, 0.2) is 0 Å². The monoisotopic (exact) mass is 271 g/mol. The van der Waals surface area contributed by atoms with Crippen molar-refractivity contribution < 1.29 is 9.59 Å². The Morgan fingerprint density at radius 3 is 3.00 bits per heavy atom. The molecule has 0 spiro atoms. The Morgan fingerprint density at radius 2 is 2.33 bits per heavy atom. The van der Waals surface area contributed by atoms with Crippen molar-refractivity contribution in [1.29, 1.82) is 0 Å². The number of carbonyl (C=O) groups is 2. The zero-order chi connectivity index (χ0) is 13.0. The lowest BCUT2D eigenvalue weighted by Gasteiger charge is -2.24. The van der Waals surface area contributed by atoms with Gasteiger partial charge >= 0.3 is 0 Å². The summed E-state index contributed by atoms with van der Waals surface area (Å²) < 4.78 is 0. The third-order valence-corrected chi connectivity index (χ3v) is 4.70. The Morgan fingerprint density at radius 1 is 1.50 bits per heavy atom. The quantitative estimate of drug-likeness (QED) is 0.666. The molecule has 18 heavy (non-hydrogen) atoms. The van der Waals surface area contributed by atoms with E-state index in [1.54, 1.807) is 0 Å². The van der Waals surface area contributed by atoms with Crippen LogP contribution in [-0.4, -0.2) is 48.0 Å². The normalized spacial score (nSPS) is 32.1. The van der Waals surface area contributed by atoms with Crippen LogP contribution in [-0.2, 0) is 9.59 Å². The molecular weight excluding hydrogens is 250 g/mol. The van der Waals surface area contributed by atoms with Gasteiger partial charge in [0.25, 0.3) is 0 Å². The van der Waals surface area contributed by atoms with Crippen molar-refractivity contribution in [2.45, 2.75) is 43.5 Å². The molecule has 2 fully saturated rings. The van der Waals surface area contributed by atoms with E-state index in [0.29, 0.717) is 17.8 Å². The topological polar surface area (TPSA) is 70.2 Å². The van der Waals surface area contributed by atoms with Crippen LogP contribution >= 0.6 is 11.8 Å². The minimum Gasteiger partial charge on any atom is -0.353 e. The van der Waals surface area contributed by atoms with Gasteiger partial charge in [-0.3, -0.25) is 14.9 Å². The zero-order valence-electron chi connectivity index (χ0n) is 10.7. The van der Waals surface area contributed by atoms with Crippen LogP contribution in [0, 0.1) is 0 Å².